The summed E-state index contributed by atoms with van der Waals surface area (Å²) < 4.78 is 0. The van der Waals surface area contributed by atoms with Crippen molar-refractivity contribution in [2.45, 2.75) is 78.0 Å². The van der Waals surface area contributed by atoms with Crippen LogP contribution in [-0.4, -0.2) is 80.3 Å². The van der Waals surface area contributed by atoms with Crippen molar-refractivity contribution in [3.05, 3.63) is 58.2 Å². The summed E-state index contributed by atoms with van der Waals surface area (Å²) in [5.74, 6) is -2.85. The Morgan fingerprint density at radius 1 is 0.838 bits per heavy atom. The molecule has 204 valence electrons. The van der Waals surface area contributed by atoms with E-state index < -0.39 is 24.5 Å². The zero-order valence-corrected chi connectivity index (χ0v) is 22.9. The van der Waals surface area contributed by atoms with Crippen LogP contribution in [0.3, 0.4) is 0 Å². The Bertz CT molecular complexity index is 993. The first-order chi connectivity index (χ1) is 17.4. The summed E-state index contributed by atoms with van der Waals surface area (Å²) in [5.41, 5.74) is 7.46. The van der Waals surface area contributed by atoms with Gasteiger partial charge in [-0.25, -0.2) is 4.79 Å². The zero-order chi connectivity index (χ0) is 27.7. The zero-order valence-electron chi connectivity index (χ0n) is 22.9. The molecule has 9 nitrogen and oxygen atoms in total. The molecule has 2 fully saturated rings. The number of aliphatic carboxylic acids is 2. The number of nitrogens with zero attached hydrogens (tertiary/aromatic N) is 4. The van der Waals surface area contributed by atoms with Crippen molar-refractivity contribution in [3.8, 4) is 0 Å². The van der Waals surface area contributed by atoms with E-state index in [-0.39, 0.29) is 0 Å². The van der Waals surface area contributed by atoms with E-state index in [4.69, 9.17) is 15.3 Å². The van der Waals surface area contributed by atoms with E-state index in [9.17, 15) is 9.59 Å². The number of hydrogen-bond donors (Lipinski definition) is 3. The lowest BCUT2D eigenvalue weighted by Crippen LogP contribution is -2.22. The van der Waals surface area contributed by atoms with Gasteiger partial charge in [-0.2, -0.15) is 0 Å². The summed E-state index contributed by atoms with van der Waals surface area (Å²) >= 11 is 0. The van der Waals surface area contributed by atoms with Gasteiger partial charge in [-0.15, -0.1) is 0 Å². The van der Waals surface area contributed by atoms with Gasteiger partial charge >= 0.3 is 11.9 Å². The van der Waals surface area contributed by atoms with Gasteiger partial charge < -0.3 is 15.3 Å². The molecule has 2 aromatic rings. The number of aliphatic hydroxyl groups is 1. The van der Waals surface area contributed by atoms with Crippen LogP contribution in [0.25, 0.3) is 0 Å². The molecule has 0 aliphatic carbocycles. The summed E-state index contributed by atoms with van der Waals surface area (Å²) in [7, 11) is 4.41. The van der Waals surface area contributed by atoms with Gasteiger partial charge in [0.15, 0.2) is 6.10 Å². The van der Waals surface area contributed by atoms with Gasteiger partial charge in [0.1, 0.15) is 0 Å². The summed E-state index contributed by atoms with van der Waals surface area (Å²) in [6, 6.07) is 9.92. The van der Waals surface area contributed by atoms with Crippen LogP contribution in [0.15, 0.2) is 24.3 Å². The molecule has 2 aliphatic heterocycles. The van der Waals surface area contributed by atoms with E-state index in [2.05, 4.69) is 85.8 Å². The van der Waals surface area contributed by atoms with Gasteiger partial charge in [-0.1, -0.05) is 12.1 Å². The second kappa shape index (κ2) is 14.2. The molecule has 0 radical (unpaired) electrons. The molecule has 0 aromatic carbocycles. The quantitative estimate of drug-likeness (QED) is 0.545. The van der Waals surface area contributed by atoms with Gasteiger partial charge in [0, 0.05) is 34.9 Å². The number of carboxylic acids is 2. The first-order valence-electron chi connectivity index (χ1n) is 12.8. The van der Waals surface area contributed by atoms with Crippen LogP contribution in [0.1, 0.15) is 78.1 Å². The maximum atomic E-state index is 9.72. The highest BCUT2D eigenvalue weighted by molar-refractivity contribution is 5.79. The van der Waals surface area contributed by atoms with Crippen LogP contribution in [0.4, 0.5) is 0 Å². The Labute approximate surface area is 220 Å². The average Bonchev–Trinajstić information content (AvgIpc) is 3.42. The minimum Gasteiger partial charge on any atom is -0.481 e. The maximum Gasteiger partial charge on any atom is 0.333 e. The molecule has 4 rings (SSSR count). The van der Waals surface area contributed by atoms with Crippen LogP contribution in [-0.2, 0) is 9.59 Å². The van der Waals surface area contributed by atoms with Crippen molar-refractivity contribution in [2.75, 3.05) is 27.2 Å². The van der Waals surface area contributed by atoms with E-state index in [1.54, 1.807) is 0 Å². The third kappa shape index (κ3) is 9.18. The number of aromatic nitrogens is 2. The fraction of sp³-hybridized carbons (Fsp3) is 0.571. The van der Waals surface area contributed by atoms with Crippen LogP contribution in [0.2, 0.25) is 0 Å². The molecule has 3 atom stereocenters. The molecule has 0 spiro atoms. The van der Waals surface area contributed by atoms with Crippen molar-refractivity contribution in [1.29, 1.82) is 0 Å². The highest BCUT2D eigenvalue weighted by atomic mass is 16.4. The Balaban J connectivity index is 0.000000201. The lowest BCUT2D eigenvalue weighted by Gasteiger charge is -2.21. The van der Waals surface area contributed by atoms with E-state index in [0.29, 0.717) is 12.1 Å². The molecule has 4 heterocycles. The number of likely N-dealkylation sites (tertiary alicyclic amines) is 2. The number of carbonyl (C=O) groups is 2. The molecule has 2 aromatic heterocycles. The average molecular weight is 515 g/mol. The minimum atomic E-state index is -1.79. The number of rotatable bonds is 5. The van der Waals surface area contributed by atoms with Crippen LogP contribution < -0.4 is 0 Å². The molecule has 9 heteroatoms. The summed E-state index contributed by atoms with van der Waals surface area (Å²) in [4.78, 5) is 33.3. The molecular formula is C28H42N4O5. The summed E-state index contributed by atoms with van der Waals surface area (Å²) in [5, 5.41) is 24.1. The number of hydrogen-bond acceptors (Lipinski definition) is 7. The first-order valence-corrected chi connectivity index (χ1v) is 12.8. The highest BCUT2D eigenvalue weighted by Crippen LogP contribution is 2.32. The lowest BCUT2D eigenvalue weighted by atomic mass is 10.0. The Kier molecular flexibility index (Phi) is 11.6. The van der Waals surface area contributed by atoms with E-state index in [1.807, 2.05) is 0 Å². The normalized spacial score (nSPS) is 20.4. The van der Waals surface area contributed by atoms with Crippen molar-refractivity contribution >= 4 is 11.9 Å². The monoisotopic (exact) mass is 514 g/mol. The second-order valence-electron chi connectivity index (χ2n) is 9.98. The molecule has 0 saturated carbocycles. The number of pyridine rings is 2. The predicted molar refractivity (Wildman–Crippen MR) is 143 cm³/mol. The minimum absolute atomic E-state index is 0.600. The van der Waals surface area contributed by atoms with Gasteiger partial charge in [0.2, 0.25) is 0 Å². The Morgan fingerprint density at radius 3 is 1.49 bits per heavy atom. The van der Waals surface area contributed by atoms with Crippen molar-refractivity contribution in [1.82, 2.24) is 19.8 Å². The number of aliphatic hydroxyl groups excluding tert-OH is 1. The molecular weight excluding hydrogens is 472 g/mol. The molecule has 37 heavy (non-hydrogen) atoms. The predicted octanol–water partition coefficient (Wildman–Crippen LogP) is 3.84. The van der Waals surface area contributed by atoms with Crippen LogP contribution in [0.5, 0.6) is 0 Å². The smallest absolute Gasteiger partial charge is 0.333 e. The number of carboxylic acid groups (broad SMARTS) is 2. The highest BCUT2D eigenvalue weighted by Gasteiger charge is 2.25. The SMILES string of the molecule is Cc1ccc([C@@H]2CCCN2C)c(C)n1.Cc1ccc([C@@H]2CCCN2C)c(C)n1.O=C(O)CC(O)C(=O)O. The van der Waals surface area contributed by atoms with Gasteiger partial charge in [0.25, 0.3) is 0 Å². The van der Waals surface area contributed by atoms with Crippen molar-refractivity contribution in [2.24, 2.45) is 0 Å². The maximum absolute atomic E-state index is 9.72. The largest absolute Gasteiger partial charge is 0.481 e. The molecule has 1 unspecified atom stereocenters. The number of aryl methyl sites for hydroxylation is 4. The summed E-state index contributed by atoms with van der Waals surface area (Å²) in [6.07, 6.45) is 2.64. The standard InChI is InChI=1S/2C12H18N2.C4H6O5/c2*1-9-6-7-11(10(2)13-9)12-5-4-8-14(12)3;5-2(4(8)9)1-3(6)7/h2*6-7,12H,4-5,8H2,1-3H3;2,5H,1H2,(H,6,7)(H,8,9)/t2*12-;/m00./s1. The molecule has 0 amide bonds. The summed E-state index contributed by atoms with van der Waals surface area (Å²) in [6.45, 7) is 10.8. The van der Waals surface area contributed by atoms with Gasteiger partial charge in [0.05, 0.1) is 6.42 Å². The molecule has 2 saturated heterocycles. The van der Waals surface area contributed by atoms with Crippen LogP contribution >= 0.6 is 0 Å². The molecule has 3 N–H and O–H groups in total. The van der Waals surface area contributed by atoms with Crippen molar-refractivity contribution < 1.29 is 24.9 Å². The Hall–Kier alpha value is -2.88. The first kappa shape index (κ1) is 30.3. The topological polar surface area (TPSA) is 127 Å². The lowest BCUT2D eigenvalue weighted by molar-refractivity contribution is -0.152. The van der Waals surface area contributed by atoms with Crippen LogP contribution in [0, 0.1) is 27.7 Å². The van der Waals surface area contributed by atoms with Crippen molar-refractivity contribution in [3.63, 3.8) is 0 Å². The third-order valence-electron chi connectivity index (χ3n) is 6.94. The fourth-order valence-corrected chi connectivity index (χ4v) is 4.96. The van der Waals surface area contributed by atoms with E-state index >= 15 is 0 Å². The second-order valence-corrected chi connectivity index (χ2v) is 9.98. The molecule has 2 aliphatic rings. The van der Waals surface area contributed by atoms with E-state index in [1.165, 1.54) is 61.3 Å². The third-order valence-corrected chi connectivity index (χ3v) is 6.94. The van der Waals surface area contributed by atoms with Gasteiger partial charge in [-0.05, 0) is 104 Å². The Morgan fingerprint density at radius 2 is 1.24 bits per heavy atom. The van der Waals surface area contributed by atoms with E-state index in [0.717, 1.165) is 11.4 Å². The molecule has 0 bridgehead atoms. The van der Waals surface area contributed by atoms with Gasteiger partial charge in [-0.3, -0.25) is 24.6 Å². The fourth-order valence-electron chi connectivity index (χ4n) is 4.96.